The second-order valence-electron chi connectivity index (χ2n) is 7.73. The molecule has 1 unspecified atom stereocenters. The Morgan fingerprint density at radius 3 is 2.22 bits per heavy atom. The Kier molecular flexibility index (Phi) is 7.83. The molecule has 0 heterocycles. The molecule has 1 atom stereocenters. The van der Waals surface area contributed by atoms with E-state index in [0.717, 1.165) is 22.3 Å². The van der Waals surface area contributed by atoms with Crippen molar-refractivity contribution in [3.8, 4) is 11.1 Å². The van der Waals surface area contributed by atoms with E-state index < -0.39 is 18.1 Å². The first-order valence-electron chi connectivity index (χ1n) is 10.5. The number of carboxylic acid groups (broad SMARTS) is 1. The molecule has 0 aliphatic heterocycles. The van der Waals surface area contributed by atoms with Gasteiger partial charge in [-0.15, -0.1) is 0 Å². The van der Waals surface area contributed by atoms with Gasteiger partial charge in [-0.05, 0) is 28.7 Å². The van der Waals surface area contributed by atoms with E-state index in [1.165, 1.54) is 12.0 Å². The number of rotatable bonds is 10. The standard InChI is InChI=1S/C24H28N2O6/c1-26(13-7-12-22(27)28)23(29)21(15-31-2)25-24(30)32-14-20-18-10-5-3-8-16(18)17-9-4-6-11-19(17)20/h3-6,8-11,20-21H,7,12-15H2,1-2H3,(H,25,30)(H,27,28). The highest BCUT2D eigenvalue weighted by Gasteiger charge is 2.30. The molecule has 1 aliphatic rings. The maximum atomic E-state index is 12.7. The van der Waals surface area contributed by atoms with E-state index in [2.05, 4.69) is 17.4 Å². The molecule has 0 aromatic heterocycles. The van der Waals surface area contributed by atoms with Crippen LogP contribution in [0.15, 0.2) is 48.5 Å². The molecule has 2 N–H and O–H groups in total. The van der Waals surface area contributed by atoms with E-state index in [-0.39, 0.29) is 38.0 Å². The van der Waals surface area contributed by atoms with Crippen molar-refractivity contribution < 1.29 is 29.0 Å². The highest BCUT2D eigenvalue weighted by atomic mass is 16.5. The second kappa shape index (κ2) is 10.8. The summed E-state index contributed by atoms with van der Waals surface area (Å²) in [4.78, 5) is 37.2. The van der Waals surface area contributed by atoms with Crippen LogP contribution >= 0.6 is 0 Å². The Morgan fingerprint density at radius 1 is 1.06 bits per heavy atom. The van der Waals surface area contributed by atoms with Gasteiger partial charge in [-0.25, -0.2) is 4.79 Å². The molecule has 0 fully saturated rings. The molecule has 0 saturated carbocycles. The molecule has 0 saturated heterocycles. The summed E-state index contributed by atoms with van der Waals surface area (Å²) in [6.45, 7) is 0.381. The molecule has 1 aliphatic carbocycles. The predicted octanol–water partition coefficient (Wildman–Crippen LogP) is 2.86. The topological polar surface area (TPSA) is 105 Å². The van der Waals surface area contributed by atoms with Crippen LogP contribution in [-0.4, -0.2) is 67.9 Å². The zero-order valence-corrected chi connectivity index (χ0v) is 18.2. The summed E-state index contributed by atoms with van der Waals surface area (Å²) in [7, 11) is 3.00. The first kappa shape index (κ1) is 23.3. The molecule has 8 heteroatoms. The van der Waals surface area contributed by atoms with Gasteiger partial charge in [0.1, 0.15) is 12.6 Å². The third kappa shape index (κ3) is 5.45. The van der Waals surface area contributed by atoms with Crippen LogP contribution in [-0.2, 0) is 19.1 Å². The number of fused-ring (bicyclic) bond motifs is 3. The molecule has 2 amide bonds. The number of ether oxygens (including phenoxy) is 2. The Balaban J connectivity index is 1.60. The monoisotopic (exact) mass is 440 g/mol. The zero-order valence-electron chi connectivity index (χ0n) is 18.2. The van der Waals surface area contributed by atoms with Gasteiger partial charge in [0.15, 0.2) is 0 Å². The molecule has 2 aromatic carbocycles. The van der Waals surface area contributed by atoms with Crippen LogP contribution in [0.3, 0.4) is 0 Å². The first-order valence-corrected chi connectivity index (χ1v) is 10.5. The smallest absolute Gasteiger partial charge is 0.407 e. The lowest BCUT2D eigenvalue weighted by Crippen LogP contribution is -2.50. The quantitative estimate of drug-likeness (QED) is 0.589. The molecule has 8 nitrogen and oxygen atoms in total. The summed E-state index contributed by atoms with van der Waals surface area (Å²) in [5, 5.41) is 11.3. The molecule has 170 valence electrons. The number of methoxy groups -OCH3 is 1. The average Bonchev–Trinajstić information content (AvgIpc) is 3.10. The van der Waals surface area contributed by atoms with Crippen LogP contribution in [0, 0.1) is 0 Å². The fourth-order valence-electron chi connectivity index (χ4n) is 3.97. The number of aliphatic carboxylic acids is 1. The van der Waals surface area contributed by atoms with Gasteiger partial charge in [0.2, 0.25) is 5.91 Å². The highest BCUT2D eigenvalue weighted by Crippen LogP contribution is 2.44. The van der Waals surface area contributed by atoms with Crippen LogP contribution in [0.25, 0.3) is 11.1 Å². The summed E-state index contributed by atoms with van der Waals surface area (Å²) in [5.74, 6) is -1.37. The van der Waals surface area contributed by atoms with Crippen molar-refractivity contribution >= 4 is 18.0 Å². The third-order valence-corrected chi connectivity index (χ3v) is 5.53. The lowest BCUT2D eigenvalue weighted by atomic mass is 9.98. The van der Waals surface area contributed by atoms with Gasteiger partial charge in [0, 0.05) is 33.0 Å². The normalized spacial score (nSPS) is 13.1. The number of benzene rings is 2. The predicted molar refractivity (Wildman–Crippen MR) is 118 cm³/mol. The molecule has 0 radical (unpaired) electrons. The van der Waals surface area contributed by atoms with Crippen molar-refractivity contribution in [1.29, 1.82) is 0 Å². The average molecular weight is 440 g/mol. The fraction of sp³-hybridized carbons (Fsp3) is 0.375. The maximum absolute atomic E-state index is 12.7. The number of nitrogens with zero attached hydrogens (tertiary/aromatic N) is 1. The number of hydrogen-bond donors (Lipinski definition) is 2. The molecule has 0 spiro atoms. The van der Waals surface area contributed by atoms with Gasteiger partial charge in [-0.3, -0.25) is 9.59 Å². The van der Waals surface area contributed by atoms with Crippen LogP contribution in [0.1, 0.15) is 29.9 Å². The van der Waals surface area contributed by atoms with Crippen LogP contribution in [0.4, 0.5) is 4.79 Å². The van der Waals surface area contributed by atoms with Crippen molar-refractivity contribution in [3.63, 3.8) is 0 Å². The van der Waals surface area contributed by atoms with Gasteiger partial charge in [-0.2, -0.15) is 0 Å². The number of alkyl carbamates (subject to hydrolysis) is 1. The van der Waals surface area contributed by atoms with E-state index in [9.17, 15) is 14.4 Å². The summed E-state index contributed by atoms with van der Waals surface area (Å²) in [5.41, 5.74) is 4.47. The van der Waals surface area contributed by atoms with Gasteiger partial charge >= 0.3 is 12.1 Å². The number of hydrogen-bond acceptors (Lipinski definition) is 5. The fourth-order valence-corrected chi connectivity index (χ4v) is 3.97. The van der Waals surface area contributed by atoms with E-state index in [4.69, 9.17) is 14.6 Å². The van der Waals surface area contributed by atoms with Gasteiger partial charge in [0.05, 0.1) is 6.61 Å². The molecular weight excluding hydrogens is 412 g/mol. The van der Waals surface area contributed by atoms with E-state index >= 15 is 0 Å². The second-order valence-corrected chi connectivity index (χ2v) is 7.73. The van der Waals surface area contributed by atoms with Crippen molar-refractivity contribution in [2.75, 3.05) is 33.9 Å². The third-order valence-electron chi connectivity index (χ3n) is 5.53. The number of likely N-dealkylation sites (N-methyl/N-ethyl adjacent to an activating group) is 1. The molecule has 32 heavy (non-hydrogen) atoms. The highest BCUT2D eigenvalue weighted by molar-refractivity contribution is 5.86. The lowest BCUT2D eigenvalue weighted by Gasteiger charge is -2.24. The van der Waals surface area contributed by atoms with Crippen LogP contribution in [0.2, 0.25) is 0 Å². The largest absolute Gasteiger partial charge is 0.481 e. The number of carboxylic acids is 1. The summed E-state index contributed by atoms with van der Waals surface area (Å²) >= 11 is 0. The summed E-state index contributed by atoms with van der Waals surface area (Å²) < 4.78 is 10.6. The minimum Gasteiger partial charge on any atom is -0.481 e. The van der Waals surface area contributed by atoms with E-state index in [1.807, 2.05) is 36.4 Å². The number of amides is 2. The Labute approximate surface area is 187 Å². The Hall–Kier alpha value is -3.39. The van der Waals surface area contributed by atoms with E-state index in [0.29, 0.717) is 6.42 Å². The lowest BCUT2D eigenvalue weighted by molar-refractivity contribution is -0.138. The SMILES string of the molecule is COCC(NC(=O)OCC1c2ccccc2-c2ccccc21)C(=O)N(C)CCCC(=O)O. The van der Waals surface area contributed by atoms with Crippen molar-refractivity contribution in [3.05, 3.63) is 59.7 Å². The maximum Gasteiger partial charge on any atom is 0.407 e. The van der Waals surface area contributed by atoms with E-state index in [1.54, 1.807) is 7.05 Å². The van der Waals surface area contributed by atoms with Crippen LogP contribution < -0.4 is 5.32 Å². The number of nitrogens with one attached hydrogen (secondary N) is 1. The summed E-state index contributed by atoms with van der Waals surface area (Å²) in [6, 6.07) is 15.2. The molecule has 3 rings (SSSR count). The Bertz CT molecular complexity index is 931. The Morgan fingerprint density at radius 2 is 1.66 bits per heavy atom. The molecule has 2 aromatic rings. The number of carbonyl (C=O) groups excluding carboxylic acids is 2. The minimum absolute atomic E-state index is 0.0215. The van der Waals surface area contributed by atoms with Gasteiger partial charge < -0.3 is 24.8 Å². The van der Waals surface area contributed by atoms with Gasteiger partial charge in [0.25, 0.3) is 0 Å². The van der Waals surface area contributed by atoms with Crippen LogP contribution in [0.5, 0.6) is 0 Å². The first-order chi connectivity index (χ1) is 15.4. The number of carbonyl (C=O) groups is 3. The van der Waals surface area contributed by atoms with Crippen molar-refractivity contribution in [1.82, 2.24) is 10.2 Å². The minimum atomic E-state index is -0.925. The molecule has 0 bridgehead atoms. The summed E-state index contributed by atoms with van der Waals surface area (Å²) in [6.07, 6.45) is -0.421. The van der Waals surface area contributed by atoms with Crippen molar-refractivity contribution in [2.24, 2.45) is 0 Å². The zero-order chi connectivity index (χ0) is 23.1. The molecular formula is C24H28N2O6. The van der Waals surface area contributed by atoms with Crippen molar-refractivity contribution in [2.45, 2.75) is 24.8 Å². The van der Waals surface area contributed by atoms with Gasteiger partial charge in [-0.1, -0.05) is 48.5 Å².